The molecule has 1 heterocycles. The summed E-state index contributed by atoms with van der Waals surface area (Å²) in [6.07, 6.45) is 1.49. The summed E-state index contributed by atoms with van der Waals surface area (Å²) in [6, 6.07) is 9.84. The first-order valence-electron chi connectivity index (χ1n) is 7.78. The number of benzene rings is 1. The van der Waals surface area contributed by atoms with Crippen LogP contribution in [0.2, 0.25) is 0 Å². The quantitative estimate of drug-likeness (QED) is 0.866. The Labute approximate surface area is 145 Å². The van der Waals surface area contributed by atoms with Gasteiger partial charge in [-0.05, 0) is 18.2 Å². The Morgan fingerprint density at radius 2 is 1.92 bits per heavy atom. The average molecular weight is 343 g/mol. The van der Waals surface area contributed by atoms with E-state index in [0.29, 0.717) is 30.1 Å². The van der Waals surface area contributed by atoms with Gasteiger partial charge in [0.05, 0.1) is 23.5 Å². The minimum atomic E-state index is -0.365. The maximum Gasteiger partial charge on any atom is 0.257 e. The first-order valence-corrected chi connectivity index (χ1v) is 7.78. The van der Waals surface area contributed by atoms with Crippen LogP contribution in [0, 0.1) is 0 Å². The van der Waals surface area contributed by atoms with E-state index in [0.717, 1.165) is 0 Å². The molecule has 132 valence electrons. The van der Waals surface area contributed by atoms with Crippen molar-refractivity contribution in [1.29, 1.82) is 0 Å². The second-order valence-corrected chi connectivity index (χ2v) is 5.49. The molecular formula is C18H21N3O4. The highest BCUT2D eigenvalue weighted by atomic mass is 16.5. The van der Waals surface area contributed by atoms with Crippen LogP contribution < -0.4 is 15.8 Å². The van der Waals surface area contributed by atoms with E-state index in [1.54, 1.807) is 38.4 Å². The number of aromatic nitrogens is 1. The van der Waals surface area contributed by atoms with E-state index in [1.165, 1.54) is 34.7 Å². The standard InChI is InChI=1S/C18H21N3O4/c1-13(22)20(2)16-7-5-4-6-15(16)19-18(24)14-8-9-17(23)21(12-14)10-11-25-3/h4-9,12H,10-11H2,1-3H3,(H,19,24). The lowest BCUT2D eigenvalue weighted by Gasteiger charge is -2.19. The van der Waals surface area contributed by atoms with Gasteiger partial charge in [-0.15, -0.1) is 0 Å². The van der Waals surface area contributed by atoms with Gasteiger partial charge in [-0.3, -0.25) is 14.4 Å². The number of nitrogens with one attached hydrogen (secondary N) is 1. The molecule has 1 aromatic carbocycles. The number of anilines is 2. The second-order valence-electron chi connectivity index (χ2n) is 5.49. The van der Waals surface area contributed by atoms with Crippen LogP contribution in [0.5, 0.6) is 0 Å². The third-order valence-corrected chi connectivity index (χ3v) is 3.77. The maximum absolute atomic E-state index is 12.5. The number of carbonyl (C=O) groups is 2. The van der Waals surface area contributed by atoms with E-state index in [9.17, 15) is 14.4 Å². The molecule has 0 saturated carbocycles. The fourth-order valence-corrected chi connectivity index (χ4v) is 2.27. The maximum atomic E-state index is 12.5. The van der Waals surface area contributed by atoms with E-state index in [-0.39, 0.29) is 17.4 Å². The third-order valence-electron chi connectivity index (χ3n) is 3.77. The average Bonchev–Trinajstić information content (AvgIpc) is 2.60. The minimum absolute atomic E-state index is 0.144. The molecule has 0 saturated heterocycles. The Bertz CT molecular complexity index is 829. The van der Waals surface area contributed by atoms with Crippen molar-refractivity contribution in [3.63, 3.8) is 0 Å². The van der Waals surface area contributed by atoms with Gasteiger partial charge < -0.3 is 19.5 Å². The van der Waals surface area contributed by atoms with Gasteiger partial charge >= 0.3 is 0 Å². The predicted octanol–water partition coefficient (Wildman–Crippen LogP) is 1.73. The molecule has 0 aliphatic carbocycles. The summed E-state index contributed by atoms with van der Waals surface area (Å²) in [7, 11) is 3.18. The molecule has 1 aromatic heterocycles. The van der Waals surface area contributed by atoms with Crippen LogP contribution in [0.4, 0.5) is 11.4 Å². The Hall–Kier alpha value is -2.93. The van der Waals surface area contributed by atoms with Gasteiger partial charge in [0.25, 0.3) is 11.5 Å². The Morgan fingerprint density at radius 3 is 2.60 bits per heavy atom. The Balaban J connectivity index is 2.26. The predicted molar refractivity (Wildman–Crippen MR) is 96.1 cm³/mol. The molecule has 7 heteroatoms. The molecule has 0 fully saturated rings. The van der Waals surface area contributed by atoms with Gasteiger partial charge in [0.2, 0.25) is 5.91 Å². The summed E-state index contributed by atoms with van der Waals surface area (Å²) < 4.78 is 6.39. The number of pyridine rings is 1. The van der Waals surface area contributed by atoms with E-state index in [2.05, 4.69) is 5.32 Å². The largest absolute Gasteiger partial charge is 0.383 e. The van der Waals surface area contributed by atoms with Crippen LogP contribution in [-0.2, 0) is 16.1 Å². The lowest BCUT2D eigenvalue weighted by Crippen LogP contribution is -2.26. The molecule has 0 aliphatic heterocycles. The molecule has 2 rings (SSSR count). The number of hydrogen-bond donors (Lipinski definition) is 1. The van der Waals surface area contributed by atoms with Crippen LogP contribution in [0.25, 0.3) is 0 Å². The lowest BCUT2D eigenvalue weighted by molar-refractivity contribution is -0.116. The molecule has 0 aliphatic rings. The molecule has 7 nitrogen and oxygen atoms in total. The summed E-state index contributed by atoms with van der Waals surface area (Å²) in [6.45, 7) is 2.18. The molecule has 0 bridgehead atoms. The SMILES string of the molecule is COCCn1cc(C(=O)Nc2ccccc2N(C)C(C)=O)ccc1=O. The van der Waals surface area contributed by atoms with Crippen molar-refractivity contribution in [3.05, 3.63) is 58.5 Å². The van der Waals surface area contributed by atoms with Gasteiger partial charge in [0.15, 0.2) is 0 Å². The van der Waals surface area contributed by atoms with Crippen molar-refractivity contribution in [2.45, 2.75) is 13.5 Å². The minimum Gasteiger partial charge on any atom is -0.383 e. The van der Waals surface area contributed by atoms with E-state index < -0.39 is 0 Å². The highest BCUT2D eigenvalue weighted by Gasteiger charge is 2.14. The molecule has 25 heavy (non-hydrogen) atoms. The van der Waals surface area contributed by atoms with Crippen molar-refractivity contribution in [3.8, 4) is 0 Å². The van der Waals surface area contributed by atoms with Crippen LogP contribution in [-0.4, -0.2) is 37.1 Å². The number of amides is 2. The second kappa shape index (κ2) is 8.25. The smallest absolute Gasteiger partial charge is 0.257 e. The highest BCUT2D eigenvalue weighted by Crippen LogP contribution is 2.25. The van der Waals surface area contributed by atoms with Gasteiger partial charge in [-0.1, -0.05) is 12.1 Å². The highest BCUT2D eigenvalue weighted by molar-refractivity contribution is 6.07. The van der Waals surface area contributed by atoms with Crippen molar-refractivity contribution >= 4 is 23.2 Å². The fraction of sp³-hybridized carbons (Fsp3) is 0.278. The first kappa shape index (κ1) is 18.4. The molecule has 0 radical (unpaired) electrons. The van der Waals surface area contributed by atoms with E-state index in [1.807, 2.05) is 0 Å². The number of ether oxygens (including phenoxy) is 1. The molecular weight excluding hydrogens is 322 g/mol. The van der Waals surface area contributed by atoms with Gasteiger partial charge in [-0.25, -0.2) is 0 Å². The Morgan fingerprint density at radius 1 is 1.20 bits per heavy atom. The zero-order chi connectivity index (χ0) is 18.4. The number of carbonyl (C=O) groups excluding carboxylic acids is 2. The van der Waals surface area contributed by atoms with Gasteiger partial charge in [-0.2, -0.15) is 0 Å². The topological polar surface area (TPSA) is 80.6 Å². The molecule has 0 spiro atoms. The fourth-order valence-electron chi connectivity index (χ4n) is 2.27. The van der Waals surface area contributed by atoms with Crippen LogP contribution in [0.1, 0.15) is 17.3 Å². The number of nitrogens with zero attached hydrogens (tertiary/aromatic N) is 2. The summed E-state index contributed by atoms with van der Waals surface area (Å²) in [5, 5.41) is 2.79. The van der Waals surface area contributed by atoms with Crippen LogP contribution in [0.3, 0.4) is 0 Å². The molecule has 0 atom stereocenters. The molecule has 2 amide bonds. The monoisotopic (exact) mass is 343 g/mol. The van der Waals surface area contributed by atoms with E-state index in [4.69, 9.17) is 4.74 Å². The van der Waals surface area contributed by atoms with Crippen LogP contribution >= 0.6 is 0 Å². The molecule has 0 unspecified atom stereocenters. The van der Waals surface area contributed by atoms with Crippen LogP contribution in [0.15, 0.2) is 47.4 Å². The summed E-state index contributed by atoms with van der Waals surface area (Å²) >= 11 is 0. The first-order chi connectivity index (χ1) is 11.9. The summed E-state index contributed by atoms with van der Waals surface area (Å²) in [5.41, 5.74) is 1.25. The summed E-state index contributed by atoms with van der Waals surface area (Å²) in [5.74, 6) is -0.509. The van der Waals surface area contributed by atoms with Crippen molar-refractivity contribution in [2.75, 3.05) is 31.0 Å². The van der Waals surface area contributed by atoms with E-state index >= 15 is 0 Å². The number of para-hydroxylation sites is 2. The summed E-state index contributed by atoms with van der Waals surface area (Å²) in [4.78, 5) is 37.4. The zero-order valence-electron chi connectivity index (χ0n) is 14.5. The van der Waals surface area contributed by atoms with Crippen molar-refractivity contribution < 1.29 is 14.3 Å². The van der Waals surface area contributed by atoms with Gasteiger partial charge in [0, 0.05) is 39.9 Å². The van der Waals surface area contributed by atoms with Crippen molar-refractivity contribution in [2.24, 2.45) is 0 Å². The molecule has 1 N–H and O–H groups in total. The third kappa shape index (κ3) is 4.54. The van der Waals surface area contributed by atoms with Crippen molar-refractivity contribution in [1.82, 2.24) is 4.57 Å². The molecule has 2 aromatic rings. The Kier molecular flexibility index (Phi) is 6.08. The normalized spacial score (nSPS) is 10.4. The lowest BCUT2D eigenvalue weighted by atomic mass is 10.2. The van der Waals surface area contributed by atoms with Gasteiger partial charge in [0.1, 0.15) is 0 Å². The number of methoxy groups -OCH3 is 1. The zero-order valence-corrected chi connectivity index (χ0v) is 14.5. The number of rotatable bonds is 6. The number of hydrogen-bond acceptors (Lipinski definition) is 4.